The summed E-state index contributed by atoms with van der Waals surface area (Å²) in [6, 6.07) is 0. The van der Waals surface area contributed by atoms with Gasteiger partial charge in [-0.2, -0.15) is 0 Å². The lowest BCUT2D eigenvalue weighted by molar-refractivity contribution is -0.203. The first kappa shape index (κ1) is 27.3. The maximum atomic E-state index is 11.9. The van der Waals surface area contributed by atoms with Crippen molar-refractivity contribution < 1.29 is 28.5 Å². The summed E-state index contributed by atoms with van der Waals surface area (Å²) >= 11 is 0. The van der Waals surface area contributed by atoms with Crippen LogP contribution in [0.4, 0.5) is 0 Å². The zero-order valence-electron chi connectivity index (χ0n) is 21.9. The number of aliphatic carboxylic acids is 1. The van der Waals surface area contributed by atoms with E-state index in [0.29, 0.717) is 41.9 Å². The molecule has 1 unspecified atom stereocenters. The van der Waals surface area contributed by atoms with Crippen LogP contribution in [0.2, 0.25) is 0 Å². The summed E-state index contributed by atoms with van der Waals surface area (Å²) in [5.41, 5.74) is 0.328. The van der Waals surface area contributed by atoms with Gasteiger partial charge in [-0.1, -0.05) is 34.1 Å². The van der Waals surface area contributed by atoms with Gasteiger partial charge in [-0.05, 0) is 104 Å². The van der Waals surface area contributed by atoms with Gasteiger partial charge < -0.3 is 15.3 Å². The molecule has 0 aromatic carbocycles. The van der Waals surface area contributed by atoms with Crippen LogP contribution in [-0.2, 0) is 14.8 Å². The molecule has 4 aliphatic carbocycles. The topological polar surface area (TPSA) is 124 Å². The van der Waals surface area contributed by atoms with Crippen LogP contribution in [0.1, 0.15) is 85.5 Å². The number of carboxylic acids is 1. The number of aliphatic hydroxyl groups is 2. The van der Waals surface area contributed by atoms with E-state index in [1.165, 1.54) is 0 Å². The van der Waals surface area contributed by atoms with Gasteiger partial charge in [0, 0.05) is 6.54 Å². The quantitative estimate of drug-likeness (QED) is 0.393. The molecule has 0 radical (unpaired) electrons. The standard InChI is InChI=1S/C27H47NO6S/c1-5-18-22-14-17(29)8-11-27(22,4)21-9-12-26(3)19(6-7-20(26)24(21)25(18)32)16(2)10-13-28-35(33,34)15-23(30)31/h16-22,24-25,28-29,32H,5-15H2,1-4H3,(H,30,31)/t16-,17-,18-,19-,20+,21+,22?,24+,25-,26-,27-/m1/s1. The number of nitrogens with one attached hydrogen (secondary N) is 1. The van der Waals surface area contributed by atoms with Crippen LogP contribution in [-0.4, -0.2) is 54.2 Å². The molecule has 0 bridgehead atoms. The molecular formula is C27H47NO6S. The van der Waals surface area contributed by atoms with Gasteiger partial charge in [0.2, 0.25) is 10.0 Å². The minimum Gasteiger partial charge on any atom is -0.480 e. The van der Waals surface area contributed by atoms with Crippen molar-refractivity contribution >= 4 is 16.0 Å². The monoisotopic (exact) mass is 513 g/mol. The summed E-state index contributed by atoms with van der Waals surface area (Å²) in [7, 11) is -3.79. The number of rotatable bonds is 8. The SMILES string of the molecule is CC[C@@H]1C2C[C@H](O)CC[C@]2(C)[C@H]2CC[C@]3(C)[C@@H]([C@H](C)CCNS(=O)(=O)CC(=O)O)CC[C@H]3[C@@H]2[C@@H]1O. The molecule has 0 aromatic rings. The zero-order valence-corrected chi connectivity index (χ0v) is 22.8. The van der Waals surface area contributed by atoms with Crippen molar-refractivity contribution in [3.8, 4) is 0 Å². The van der Waals surface area contributed by atoms with Gasteiger partial charge in [-0.3, -0.25) is 4.79 Å². The smallest absolute Gasteiger partial charge is 0.320 e. The number of hydrogen-bond donors (Lipinski definition) is 4. The molecular weight excluding hydrogens is 466 g/mol. The average Bonchev–Trinajstić information content (AvgIpc) is 3.11. The van der Waals surface area contributed by atoms with E-state index in [1.54, 1.807) is 0 Å². The van der Waals surface area contributed by atoms with Crippen molar-refractivity contribution in [2.75, 3.05) is 12.3 Å². The first-order chi connectivity index (χ1) is 16.3. The molecule has 11 atom stereocenters. The maximum absolute atomic E-state index is 11.9. The van der Waals surface area contributed by atoms with Crippen molar-refractivity contribution in [2.24, 2.45) is 52.3 Å². The Morgan fingerprint density at radius 1 is 1.03 bits per heavy atom. The third-order valence-electron chi connectivity index (χ3n) is 11.4. The third-order valence-corrected chi connectivity index (χ3v) is 12.7. The van der Waals surface area contributed by atoms with E-state index in [2.05, 4.69) is 32.4 Å². The highest BCUT2D eigenvalue weighted by atomic mass is 32.2. The molecule has 8 heteroatoms. The molecule has 0 aromatic heterocycles. The van der Waals surface area contributed by atoms with Gasteiger partial charge in [-0.25, -0.2) is 13.1 Å². The molecule has 202 valence electrons. The Hall–Kier alpha value is -0.700. The Kier molecular flexibility index (Phi) is 7.72. The number of fused-ring (bicyclic) bond motifs is 5. The second-order valence-electron chi connectivity index (χ2n) is 12.9. The van der Waals surface area contributed by atoms with Gasteiger partial charge >= 0.3 is 5.97 Å². The number of sulfonamides is 1. The van der Waals surface area contributed by atoms with Crippen LogP contribution in [0, 0.1) is 52.3 Å². The second kappa shape index (κ2) is 9.88. The molecule has 0 spiro atoms. The van der Waals surface area contributed by atoms with Gasteiger partial charge in [0.05, 0.1) is 12.2 Å². The van der Waals surface area contributed by atoms with Gasteiger partial charge in [0.1, 0.15) is 0 Å². The first-order valence-electron chi connectivity index (χ1n) is 13.9. The van der Waals surface area contributed by atoms with Gasteiger partial charge in [0.15, 0.2) is 5.75 Å². The molecule has 0 saturated heterocycles. The van der Waals surface area contributed by atoms with E-state index in [1.807, 2.05) is 0 Å². The highest BCUT2D eigenvalue weighted by Gasteiger charge is 2.64. The minimum absolute atomic E-state index is 0.136. The molecule has 4 saturated carbocycles. The van der Waals surface area contributed by atoms with Crippen LogP contribution >= 0.6 is 0 Å². The first-order valence-corrected chi connectivity index (χ1v) is 15.5. The highest BCUT2D eigenvalue weighted by Crippen LogP contribution is 2.69. The van der Waals surface area contributed by atoms with E-state index in [-0.39, 0.29) is 35.5 Å². The molecule has 4 fully saturated rings. The molecule has 0 amide bonds. The van der Waals surface area contributed by atoms with Crippen LogP contribution in [0.25, 0.3) is 0 Å². The molecule has 4 aliphatic rings. The van der Waals surface area contributed by atoms with Crippen LogP contribution in [0.5, 0.6) is 0 Å². The number of carbonyl (C=O) groups is 1. The van der Waals surface area contributed by atoms with E-state index in [0.717, 1.165) is 51.4 Å². The van der Waals surface area contributed by atoms with E-state index in [9.17, 15) is 23.4 Å². The second-order valence-corrected chi connectivity index (χ2v) is 14.7. The maximum Gasteiger partial charge on any atom is 0.320 e. The predicted octanol–water partition coefficient (Wildman–Crippen LogP) is 3.64. The Morgan fingerprint density at radius 3 is 2.34 bits per heavy atom. The summed E-state index contributed by atoms with van der Waals surface area (Å²) < 4.78 is 26.3. The summed E-state index contributed by atoms with van der Waals surface area (Å²) in [6.07, 6.45) is 8.37. The van der Waals surface area contributed by atoms with Crippen molar-refractivity contribution in [3.63, 3.8) is 0 Å². The Balaban J connectivity index is 1.49. The molecule has 0 aliphatic heterocycles. The minimum atomic E-state index is -3.79. The normalized spacial score (nSPS) is 46.3. The summed E-state index contributed by atoms with van der Waals surface area (Å²) in [4.78, 5) is 10.8. The van der Waals surface area contributed by atoms with Crippen molar-refractivity contribution in [3.05, 3.63) is 0 Å². The number of hydrogen-bond acceptors (Lipinski definition) is 5. The summed E-state index contributed by atoms with van der Waals surface area (Å²) in [6.45, 7) is 9.55. The van der Waals surface area contributed by atoms with E-state index in [4.69, 9.17) is 5.11 Å². The Labute approximate surface area is 211 Å². The lowest BCUT2D eigenvalue weighted by Gasteiger charge is -2.64. The van der Waals surface area contributed by atoms with E-state index >= 15 is 0 Å². The van der Waals surface area contributed by atoms with Crippen molar-refractivity contribution in [1.82, 2.24) is 4.72 Å². The molecule has 0 heterocycles. The average molecular weight is 514 g/mol. The lowest BCUT2D eigenvalue weighted by atomic mass is 9.41. The third kappa shape index (κ3) is 4.82. The largest absolute Gasteiger partial charge is 0.480 e. The van der Waals surface area contributed by atoms with Crippen LogP contribution in [0.3, 0.4) is 0 Å². The van der Waals surface area contributed by atoms with Crippen LogP contribution < -0.4 is 4.72 Å². The fourth-order valence-corrected chi connectivity index (χ4v) is 10.6. The van der Waals surface area contributed by atoms with Crippen LogP contribution in [0.15, 0.2) is 0 Å². The van der Waals surface area contributed by atoms with Crippen molar-refractivity contribution in [2.45, 2.75) is 97.7 Å². The zero-order chi connectivity index (χ0) is 25.8. The van der Waals surface area contributed by atoms with E-state index < -0.39 is 21.7 Å². The number of aliphatic hydroxyl groups excluding tert-OH is 2. The molecule has 7 nitrogen and oxygen atoms in total. The predicted molar refractivity (Wildman–Crippen MR) is 135 cm³/mol. The molecule has 4 rings (SSSR count). The Morgan fingerprint density at radius 2 is 1.69 bits per heavy atom. The summed E-state index contributed by atoms with van der Waals surface area (Å²) in [5, 5.41) is 31.0. The number of carboxylic acid groups (broad SMARTS) is 1. The molecule has 4 N–H and O–H groups in total. The Bertz CT molecular complexity index is 894. The van der Waals surface area contributed by atoms with Gasteiger partial charge in [0.25, 0.3) is 0 Å². The highest BCUT2D eigenvalue weighted by molar-refractivity contribution is 7.90. The van der Waals surface area contributed by atoms with Gasteiger partial charge in [-0.15, -0.1) is 0 Å². The summed E-state index contributed by atoms with van der Waals surface area (Å²) in [5.74, 6) is 0.508. The fourth-order valence-electron chi connectivity index (χ4n) is 9.79. The lowest BCUT2D eigenvalue weighted by Crippen LogP contribution is -2.62. The fraction of sp³-hybridized carbons (Fsp3) is 0.963. The van der Waals surface area contributed by atoms with Crippen molar-refractivity contribution in [1.29, 1.82) is 0 Å². The molecule has 35 heavy (non-hydrogen) atoms.